The summed E-state index contributed by atoms with van der Waals surface area (Å²) in [7, 11) is -0.646. The van der Waals surface area contributed by atoms with Gasteiger partial charge in [-0.25, -0.2) is 13.1 Å². The van der Waals surface area contributed by atoms with Gasteiger partial charge >= 0.3 is 0 Å². The Kier molecular flexibility index (Phi) is 6.30. The molecule has 0 aliphatic heterocycles. The molecule has 134 valence electrons. The Balaban J connectivity index is 2.20. The van der Waals surface area contributed by atoms with Gasteiger partial charge in [0.2, 0.25) is 10.0 Å². The molecular weight excluding hydrogens is 340 g/mol. The number of sulfonamides is 1. The summed E-state index contributed by atoms with van der Waals surface area (Å²) in [5.74, 6) is -0.321. The van der Waals surface area contributed by atoms with E-state index in [0.29, 0.717) is 24.3 Å². The minimum absolute atomic E-state index is 0.0607. The van der Waals surface area contributed by atoms with Gasteiger partial charge in [0.1, 0.15) is 0 Å². The van der Waals surface area contributed by atoms with Gasteiger partial charge < -0.3 is 10.1 Å². The zero-order chi connectivity index (χ0) is 18.4. The average molecular weight is 362 g/mol. The SMILES string of the molecule is CNS(=O)(=O)c1ccc(C)c(C(=O)NCc2ccccc2COC)c1. The molecule has 0 aromatic heterocycles. The number of hydrogen-bond donors (Lipinski definition) is 2. The van der Waals surface area contributed by atoms with Crippen LogP contribution < -0.4 is 10.0 Å². The third kappa shape index (κ3) is 4.66. The maximum absolute atomic E-state index is 12.5. The Morgan fingerprint density at radius 1 is 1.12 bits per heavy atom. The molecule has 0 atom stereocenters. The summed E-state index contributed by atoms with van der Waals surface area (Å²) in [5, 5.41) is 2.84. The molecule has 6 nitrogen and oxygen atoms in total. The van der Waals surface area contributed by atoms with Crippen LogP contribution in [0.15, 0.2) is 47.4 Å². The predicted molar refractivity (Wildman–Crippen MR) is 95.7 cm³/mol. The summed E-state index contributed by atoms with van der Waals surface area (Å²) in [6.45, 7) is 2.56. The van der Waals surface area contributed by atoms with Gasteiger partial charge in [-0.1, -0.05) is 30.3 Å². The minimum atomic E-state index is -3.60. The normalized spacial score (nSPS) is 11.3. The maximum Gasteiger partial charge on any atom is 0.251 e. The highest BCUT2D eigenvalue weighted by molar-refractivity contribution is 7.89. The molecule has 0 fully saturated rings. The summed E-state index contributed by atoms with van der Waals surface area (Å²) in [6, 6.07) is 12.2. The van der Waals surface area contributed by atoms with Crippen molar-refractivity contribution in [1.82, 2.24) is 10.0 Å². The number of benzene rings is 2. The monoisotopic (exact) mass is 362 g/mol. The maximum atomic E-state index is 12.5. The van der Waals surface area contributed by atoms with E-state index in [2.05, 4.69) is 10.0 Å². The summed E-state index contributed by atoms with van der Waals surface area (Å²) in [4.78, 5) is 12.6. The number of nitrogens with one attached hydrogen (secondary N) is 2. The molecule has 0 spiro atoms. The van der Waals surface area contributed by atoms with Crippen molar-refractivity contribution in [2.45, 2.75) is 25.0 Å². The van der Waals surface area contributed by atoms with Gasteiger partial charge in [0, 0.05) is 19.2 Å². The van der Waals surface area contributed by atoms with Crippen molar-refractivity contribution in [2.24, 2.45) is 0 Å². The highest BCUT2D eigenvalue weighted by Crippen LogP contribution is 2.16. The van der Waals surface area contributed by atoms with E-state index >= 15 is 0 Å². The number of amides is 1. The zero-order valence-corrected chi connectivity index (χ0v) is 15.3. The Morgan fingerprint density at radius 2 is 1.80 bits per heavy atom. The molecular formula is C18H22N2O4S. The van der Waals surface area contributed by atoms with Gasteiger partial charge in [0.05, 0.1) is 11.5 Å². The first-order valence-electron chi connectivity index (χ1n) is 7.77. The number of aryl methyl sites for hydroxylation is 1. The summed E-state index contributed by atoms with van der Waals surface area (Å²) >= 11 is 0. The number of carbonyl (C=O) groups is 1. The largest absolute Gasteiger partial charge is 0.380 e. The fourth-order valence-corrected chi connectivity index (χ4v) is 3.18. The molecule has 0 saturated heterocycles. The van der Waals surface area contributed by atoms with Crippen molar-refractivity contribution in [2.75, 3.05) is 14.2 Å². The van der Waals surface area contributed by atoms with Crippen LogP contribution in [0.25, 0.3) is 0 Å². The van der Waals surface area contributed by atoms with Crippen LogP contribution >= 0.6 is 0 Å². The van der Waals surface area contributed by atoms with Gasteiger partial charge in [-0.2, -0.15) is 0 Å². The molecule has 1 amide bonds. The number of rotatable bonds is 7. The second-order valence-corrected chi connectivity index (χ2v) is 7.46. The van der Waals surface area contributed by atoms with Crippen LogP contribution in [0.3, 0.4) is 0 Å². The Bertz CT molecular complexity index is 863. The number of hydrogen-bond acceptors (Lipinski definition) is 4. The molecule has 0 radical (unpaired) electrons. The third-order valence-corrected chi connectivity index (χ3v) is 5.30. The van der Waals surface area contributed by atoms with Crippen LogP contribution in [0.5, 0.6) is 0 Å². The number of carbonyl (C=O) groups excluding carboxylic acids is 1. The molecule has 25 heavy (non-hydrogen) atoms. The lowest BCUT2D eigenvalue weighted by atomic mass is 10.1. The van der Waals surface area contributed by atoms with E-state index in [1.807, 2.05) is 24.3 Å². The molecule has 2 N–H and O–H groups in total. The lowest BCUT2D eigenvalue weighted by Crippen LogP contribution is -2.25. The van der Waals surface area contributed by atoms with Crippen LogP contribution in [-0.2, 0) is 27.9 Å². The van der Waals surface area contributed by atoms with Crippen molar-refractivity contribution in [3.63, 3.8) is 0 Å². The highest BCUT2D eigenvalue weighted by Gasteiger charge is 2.16. The number of ether oxygens (including phenoxy) is 1. The lowest BCUT2D eigenvalue weighted by molar-refractivity contribution is 0.0949. The van der Waals surface area contributed by atoms with Crippen LogP contribution in [0.2, 0.25) is 0 Å². The minimum Gasteiger partial charge on any atom is -0.380 e. The third-order valence-electron chi connectivity index (χ3n) is 3.89. The van der Waals surface area contributed by atoms with E-state index in [1.165, 1.54) is 19.2 Å². The topological polar surface area (TPSA) is 84.5 Å². The quantitative estimate of drug-likeness (QED) is 0.789. The Morgan fingerprint density at radius 3 is 2.44 bits per heavy atom. The van der Waals surface area contributed by atoms with Crippen LogP contribution in [0.1, 0.15) is 27.0 Å². The highest BCUT2D eigenvalue weighted by atomic mass is 32.2. The van der Waals surface area contributed by atoms with E-state index in [9.17, 15) is 13.2 Å². The van der Waals surface area contributed by atoms with Gasteiger partial charge in [0.25, 0.3) is 5.91 Å². The van der Waals surface area contributed by atoms with E-state index in [1.54, 1.807) is 20.1 Å². The zero-order valence-electron chi connectivity index (χ0n) is 14.5. The van der Waals surface area contributed by atoms with Crippen LogP contribution in [-0.4, -0.2) is 28.5 Å². The molecule has 0 saturated carbocycles. The smallest absolute Gasteiger partial charge is 0.251 e. The molecule has 7 heteroatoms. The number of methoxy groups -OCH3 is 1. The van der Waals surface area contributed by atoms with Crippen molar-refractivity contribution in [3.05, 3.63) is 64.7 Å². The van der Waals surface area contributed by atoms with Crippen LogP contribution in [0, 0.1) is 6.92 Å². The van der Waals surface area contributed by atoms with Crippen molar-refractivity contribution in [3.8, 4) is 0 Å². The first-order chi connectivity index (χ1) is 11.9. The summed E-state index contributed by atoms with van der Waals surface area (Å²) in [6.07, 6.45) is 0. The van der Waals surface area contributed by atoms with Gasteiger partial charge in [-0.15, -0.1) is 0 Å². The van der Waals surface area contributed by atoms with E-state index in [0.717, 1.165) is 11.1 Å². The summed E-state index contributed by atoms with van der Waals surface area (Å²) in [5.41, 5.74) is 2.99. The van der Waals surface area contributed by atoms with E-state index in [4.69, 9.17) is 4.74 Å². The second-order valence-electron chi connectivity index (χ2n) is 5.57. The fourth-order valence-electron chi connectivity index (χ4n) is 2.43. The molecule has 0 aliphatic carbocycles. The first kappa shape index (κ1) is 19.1. The fraction of sp³-hybridized carbons (Fsp3) is 0.278. The van der Waals surface area contributed by atoms with Crippen molar-refractivity contribution < 1.29 is 17.9 Å². The van der Waals surface area contributed by atoms with Gasteiger partial charge in [0.15, 0.2) is 0 Å². The Labute approximate surface area is 148 Å². The lowest BCUT2D eigenvalue weighted by Gasteiger charge is -2.12. The molecule has 0 heterocycles. The van der Waals surface area contributed by atoms with E-state index < -0.39 is 10.0 Å². The second kappa shape index (κ2) is 8.24. The summed E-state index contributed by atoms with van der Waals surface area (Å²) < 4.78 is 31.3. The Hall–Kier alpha value is -2.22. The first-order valence-corrected chi connectivity index (χ1v) is 9.25. The van der Waals surface area contributed by atoms with Gasteiger partial charge in [-0.3, -0.25) is 4.79 Å². The molecule has 2 rings (SSSR count). The van der Waals surface area contributed by atoms with Crippen LogP contribution in [0.4, 0.5) is 0 Å². The van der Waals surface area contributed by atoms with E-state index in [-0.39, 0.29) is 10.8 Å². The predicted octanol–water partition coefficient (Wildman–Crippen LogP) is 1.98. The molecule has 0 unspecified atom stereocenters. The van der Waals surface area contributed by atoms with Crippen molar-refractivity contribution >= 4 is 15.9 Å². The molecule has 2 aromatic rings. The van der Waals surface area contributed by atoms with Gasteiger partial charge in [-0.05, 0) is 42.8 Å². The van der Waals surface area contributed by atoms with Crippen molar-refractivity contribution in [1.29, 1.82) is 0 Å². The molecule has 0 aliphatic rings. The average Bonchev–Trinajstić information content (AvgIpc) is 2.61. The standard InChI is InChI=1S/C18H22N2O4S/c1-13-8-9-16(25(22,23)19-2)10-17(13)18(21)20-11-14-6-4-5-7-15(14)12-24-3/h4-10,19H,11-12H2,1-3H3,(H,20,21). The molecule has 2 aromatic carbocycles. The molecule has 0 bridgehead atoms.